The highest BCUT2D eigenvalue weighted by molar-refractivity contribution is 6.29. The van der Waals surface area contributed by atoms with E-state index in [0.717, 1.165) is 34.1 Å². The third kappa shape index (κ3) is 3.96. The molecule has 0 aliphatic carbocycles. The molecule has 0 heterocycles. The molecule has 0 atom stereocenters. The molecule has 0 aliphatic rings. The van der Waals surface area contributed by atoms with Gasteiger partial charge in [-0.05, 0) is 82.2 Å². The van der Waals surface area contributed by atoms with Gasteiger partial charge in [-0.1, -0.05) is 109 Å². The topological polar surface area (TPSA) is 6.48 Å². The van der Waals surface area contributed by atoms with Gasteiger partial charge in [0.2, 0.25) is 0 Å². The van der Waals surface area contributed by atoms with Gasteiger partial charge in [0.1, 0.15) is 0 Å². The molecule has 0 saturated carbocycles. The second kappa shape index (κ2) is 10.1. The summed E-state index contributed by atoms with van der Waals surface area (Å²) in [5.74, 6) is 0. The molecule has 0 aliphatic heterocycles. The van der Waals surface area contributed by atoms with Crippen LogP contribution in [0.4, 0.5) is 34.1 Å². The van der Waals surface area contributed by atoms with Crippen LogP contribution in [0.1, 0.15) is 0 Å². The summed E-state index contributed by atoms with van der Waals surface area (Å²) in [6.07, 6.45) is 0. The van der Waals surface area contributed by atoms with Crippen LogP contribution in [0.3, 0.4) is 0 Å². The second-order valence-electron chi connectivity index (χ2n) is 10.6. The van der Waals surface area contributed by atoms with Crippen LogP contribution in [0.5, 0.6) is 0 Å². The smallest absolute Gasteiger partial charge is 0.0567 e. The van der Waals surface area contributed by atoms with Crippen molar-refractivity contribution in [3.05, 3.63) is 170 Å². The van der Waals surface area contributed by atoms with Crippen molar-refractivity contribution in [3.8, 4) is 0 Å². The number of anilines is 6. The minimum Gasteiger partial charge on any atom is -0.310 e. The fourth-order valence-electron chi connectivity index (χ4n) is 6.34. The van der Waals surface area contributed by atoms with Gasteiger partial charge in [0, 0.05) is 33.5 Å². The summed E-state index contributed by atoms with van der Waals surface area (Å²) in [6.45, 7) is 0. The van der Waals surface area contributed by atoms with E-state index in [1.54, 1.807) is 0 Å². The Balaban J connectivity index is 1.55. The van der Waals surface area contributed by atoms with Gasteiger partial charge in [0.05, 0.1) is 11.4 Å². The first kappa shape index (κ1) is 24.2. The van der Waals surface area contributed by atoms with E-state index in [9.17, 15) is 0 Å². The molecule has 8 aromatic rings. The molecule has 198 valence electrons. The van der Waals surface area contributed by atoms with Crippen molar-refractivity contribution >= 4 is 66.4 Å². The van der Waals surface area contributed by atoms with E-state index in [-0.39, 0.29) is 0 Å². The van der Waals surface area contributed by atoms with Crippen LogP contribution in [0.25, 0.3) is 32.3 Å². The molecule has 8 aromatic carbocycles. The molecular formula is C40H28N2. The van der Waals surface area contributed by atoms with Gasteiger partial charge in [0.15, 0.2) is 0 Å². The van der Waals surface area contributed by atoms with Gasteiger partial charge >= 0.3 is 0 Å². The molecule has 0 bridgehead atoms. The van der Waals surface area contributed by atoms with E-state index in [4.69, 9.17) is 0 Å². The first-order chi connectivity index (χ1) is 20.9. The summed E-state index contributed by atoms with van der Waals surface area (Å²) in [7, 11) is 0. The Kier molecular flexibility index (Phi) is 5.82. The van der Waals surface area contributed by atoms with Crippen LogP contribution in [0, 0.1) is 0 Å². The average molecular weight is 537 g/mol. The summed E-state index contributed by atoms with van der Waals surface area (Å²) in [5, 5.41) is 7.54. The average Bonchev–Trinajstić information content (AvgIpc) is 3.06. The fraction of sp³-hybridized carbons (Fsp3) is 0. The number of benzene rings is 8. The molecule has 2 nitrogen and oxygen atoms in total. The van der Waals surface area contributed by atoms with Gasteiger partial charge < -0.3 is 9.80 Å². The van der Waals surface area contributed by atoms with Gasteiger partial charge in [-0.25, -0.2) is 0 Å². The Morgan fingerprint density at radius 1 is 0.262 bits per heavy atom. The SMILES string of the molecule is c1ccc(N(c2ccccc2)c2ccc3ccc4cccc5cc(N(c6ccccc6)c6ccccc6)c2c3c45)cc1. The number of nitrogens with zero attached hydrogens (tertiary/aromatic N) is 2. The predicted molar refractivity (Wildman–Crippen MR) is 180 cm³/mol. The van der Waals surface area contributed by atoms with E-state index in [2.05, 4.69) is 180 Å². The monoisotopic (exact) mass is 536 g/mol. The molecule has 2 heteroatoms. The molecule has 0 unspecified atom stereocenters. The molecular weight excluding hydrogens is 508 g/mol. The van der Waals surface area contributed by atoms with Crippen LogP contribution in [0.15, 0.2) is 170 Å². The van der Waals surface area contributed by atoms with Crippen LogP contribution >= 0.6 is 0 Å². The summed E-state index contributed by atoms with van der Waals surface area (Å²) in [6, 6.07) is 60.9. The quantitative estimate of drug-likeness (QED) is 0.195. The van der Waals surface area contributed by atoms with E-state index >= 15 is 0 Å². The van der Waals surface area contributed by atoms with Crippen LogP contribution in [-0.4, -0.2) is 0 Å². The van der Waals surface area contributed by atoms with Crippen LogP contribution in [0.2, 0.25) is 0 Å². The highest BCUT2D eigenvalue weighted by Gasteiger charge is 2.24. The number of para-hydroxylation sites is 4. The van der Waals surface area contributed by atoms with Crippen molar-refractivity contribution in [3.63, 3.8) is 0 Å². The molecule has 0 saturated heterocycles. The highest BCUT2D eigenvalue weighted by Crippen LogP contribution is 2.50. The first-order valence-corrected chi connectivity index (χ1v) is 14.4. The summed E-state index contributed by atoms with van der Waals surface area (Å²) in [4.78, 5) is 4.80. The van der Waals surface area contributed by atoms with Crippen LogP contribution < -0.4 is 9.80 Å². The van der Waals surface area contributed by atoms with Gasteiger partial charge in [-0.2, -0.15) is 0 Å². The number of rotatable bonds is 6. The van der Waals surface area contributed by atoms with Gasteiger partial charge in [-0.15, -0.1) is 0 Å². The van der Waals surface area contributed by atoms with E-state index in [0.29, 0.717) is 0 Å². The standard InChI is InChI=1S/C40H28N2/c1-5-16-32(17-6-1)41(33-18-7-2-8-19-33)36-27-26-30-25-24-29-14-13-15-31-28-37(40(36)39(30)38(29)31)42(34-20-9-3-10-21-34)35-22-11-4-12-23-35/h1-28H. The molecule has 8 rings (SSSR count). The minimum absolute atomic E-state index is 1.12. The fourth-order valence-corrected chi connectivity index (χ4v) is 6.34. The zero-order chi connectivity index (χ0) is 27.9. The maximum absolute atomic E-state index is 2.40. The lowest BCUT2D eigenvalue weighted by atomic mass is 9.91. The van der Waals surface area contributed by atoms with Crippen molar-refractivity contribution in [1.82, 2.24) is 0 Å². The third-order valence-electron chi connectivity index (χ3n) is 8.12. The Morgan fingerprint density at radius 2 is 0.667 bits per heavy atom. The maximum atomic E-state index is 2.40. The predicted octanol–water partition coefficient (Wildman–Crippen LogP) is 11.5. The van der Waals surface area contributed by atoms with Gasteiger partial charge in [-0.3, -0.25) is 0 Å². The van der Waals surface area contributed by atoms with E-state index in [1.165, 1.54) is 32.3 Å². The molecule has 0 radical (unpaired) electrons. The molecule has 42 heavy (non-hydrogen) atoms. The zero-order valence-electron chi connectivity index (χ0n) is 23.1. The summed E-state index contributed by atoms with van der Waals surface area (Å²) in [5.41, 5.74) is 6.78. The number of hydrogen-bond acceptors (Lipinski definition) is 2. The Morgan fingerprint density at radius 3 is 1.17 bits per heavy atom. The van der Waals surface area contributed by atoms with Crippen molar-refractivity contribution in [1.29, 1.82) is 0 Å². The first-order valence-electron chi connectivity index (χ1n) is 14.4. The summed E-state index contributed by atoms with van der Waals surface area (Å²) < 4.78 is 0. The summed E-state index contributed by atoms with van der Waals surface area (Å²) >= 11 is 0. The van der Waals surface area contributed by atoms with Crippen LogP contribution in [-0.2, 0) is 0 Å². The van der Waals surface area contributed by atoms with Crippen molar-refractivity contribution in [2.45, 2.75) is 0 Å². The Hall–Kier alpha value is -5.60. The zero-order valence-corrected chi connectivity index (χ0v) is 23.1. The lowest BCUT2D eigenvalue weighted by Gasteiger charge is -2.32. The third-order valence-corrected chi connectivity index (χ3v) is 8.12. The molecule has 0 aromatic heterocycles. The van der Waals surface area contributed by atoms with Crippen molar-refractivity contribution in [2.24, 2.45) is 0 Å². The Bertz CT molecular complexity index is 2040. The van der Waals surface area contributed by atoms with Crippen molar-refractivity contribution in [2.75, 3.05) is 9.80 Å². The number of hydrogen-bond donors (Lipinski definition) is 0. The van der Waals surface area contributed by atoms with E-state index in [1.807, 2.05) is 0 Å². The molecule has 0 amide bonds. The lowest BCUT2D eigenvalue weighted by Crippen LogP contribution is -2.14. The normalized spacial score (nSPS) is 11.3. The van der Waals surface area contributed by atoms with E-state index < -0.39 is 0 Å². The second-order valence-corrected chi connectivity index (χ2v) is 10.6. The minimum atomic E-state index is 1.12. The highest BCUT2D eigenvalue weighted by atomic mass is 15.2. The largest absolute Gasteiger partial charge is 0.310 e. The lowest BCUT2D eigenvalue weighted by molar-refractivity contribution is 1.28. The molecule has 0 N–H and O–H groups in total. The Labute approximate surface area is 245 Å². The molecule has 0 fully saturated rings. The maximum Gasteiger partial charge on any atom is 0.0567 e. The molecule has 0 spiro atoms. The van der Waals surface area contributed by atoms with Crippen molar-refractivity contribution < 1.29 is 0 Å². The van der Waals surface area contributed by atoms with Gasteiger partial charge in [0.25, 0.3) is 0 Å².